The van der Waals surface area contributed by atoms with E-state index in [1.807, 2.05) is 24.3 Å². The maximum atomic E-state index is 11.7. The largest absolute Gasteiger partial charge is 0.492 e. The Kier molecular flexibility index (Phi) is 6.33. The van der Waals surface area contributed by atoms with Crippen LogP contribution in [0.3, 0.4) is 0 Å². The van der Waals surface area contributed by atoms with E-state index in [1.54, 1.807) is 6.07 Å². The smallest absolute Gasteiger partial charge is 0.339 e. The van der Waals surface area contributed by atoms with Crippen molar-refractivity contribution in [3.05, 3.63) is 63.6 Å². The Balaban J connectivity index is 1.60. The Bertz CT molecular complexity index is 758. The van der Waals surface area contributed by atoms with E-state index < -0.39 is 0 Å². The van der Waals surface area contributed by atoms with Crippen LogP contribution in [0.2, 0.25) is 0 Å². The third kappa shape index (κ3) is 4.46. The van der Waals surface area contributed by atoms with E-state index in [9.17, 15) is 4.79 Å². The molecule has 0 radical (unpaired) electrons. The topological polar surface area (TPSA) is 44.8 Å². The number of fused-ring (bicyclic) bond motifs is 1. The van der Waals surface area contributed by atoms with Crippen LogP contribution in [0.1, 0.15) is 35.3 Å². The van der Waals surface area contributed by atoms with Crippen molar-refractivity contribution < 1.29 is 19.0 Å². The van der Waals surface area contributed by atoms with Crippen molar-refractivity contribution in [1.82, 2.24) is 0 Å². The number of esters is 1. The van der Waals surface area contributed by atoms with Crippen LogP contribution in [-0.2, 0) is 22.7 Å². The third-order valence-electron chi connectivity index (χ3n) is 4.61. The minimum Gasteiger partial charge on any atom is -0.492 e. The van der Waals surface area contributed by atoms with Gasteiger partial charge in [-0.05, 0) is 39.5 Å². The molecule has 0 spiro atoms. The van der Waals surface area contributed by atoms with Gasteiger partial charge < -0.3 is 14.2 Å². The number of carbonyl (C=O) groups excluding carboxylic acids is 1. The maximum Gasteiger partial charge on any atom is 0.339 e. The molecule has 3 rings (SSSR count). The molecule has 2 aromatic rings. The highest BCUT2D eigenvalue weighted by Gasteiger charge is 2.27. The molecule has 1 atom stereocenters. The first kappa shape index (κ1) is 18.9. The Morgan fingerprint density at radius 1 is 1.12 bits per heavy atom. The fourth-order valence-corrected chi connectivity index (χ4v) is 3.32. The molecule has 0 saturated carbocycles. The van der Waals surface area contributed by atoms with Gasteiger partial charge >= 0.3 is 5.97 Å². The van der Waals surface area contributed by atoms with Crippen molar-refractivity contribution in [2.24, 2.45) is 11.8 Å². The zero-order valence-electron chi connectivity index (χ0n) is 15.0. The molecule has 1 unspecified atom stereocenters. The van der Waals surface area contributed by atoms with Gasteiger partial charge in [-0.1, -0.05) is 44.2 Å². The number of halogens is 1. The molecule has 138 valence electrons. The number of hydrogen-bond donors (Lipinski definition) is 0. The van der Waals surface area contributed by atoms with Crippen molar-refractivity contribution in [1.29, 1.82) is 0 Å². The quantitative estimate of drug-likeness (QED) is 0.566. The van der Waals surface area contributed by atoms with Crippen LogP contribution in [0.4, 0.5) is 0 Å². The fourth-order valence-electron chi connectivity index (χ4n) is 2.83. The molecule has 0 aromatic heterocycles. The lowest BCUT2D eigenvalue weighted by Crippen LogP contribution is -2.23. The highest BCUT2D eigenvalue weighted by Crippen LogP contribution is 2.36. The van der Waals surface area contributed by atoms with Gasteiger partial charge in [0.1, 0.15) is 12.4 Å². The van der Waals surface area contributed by atoms with Crippen LogP contribution >= 0.6 is 15.9 Å². The summed E-state index contributed by atoms with van der Waals surface area (Å²) in [6, 6.07) is 13.7. The van der Waals surface area contributed by atoms with Gasteiger partial charge in [0.05, 0.1) is 29.9 Å². The Labute approximate surface area is 162 Å². The lowest BCUT2D eigenvalue weighted by Gasteiger charge is -2.22. The van der Waals surface area contributed by atoms with E-state index in [0.717, 1.165) is 15.6 Å². The van der Waals surface area contributed by atoms with E-state index in [0.29, 0.717) is 37.1 Å². The second-order valence-corrected chi connectivity index (χ2v) is 7.65. The predicted octanol–water partition coefficient (Wildman–Crippen LogP) is 4.99. The molecule has 0 aliphatic carbocycles. The zero-order valence-corrected chi connectivity index (χ0v) is 16.6. The highest BCUT2D eigenvalue weighted by molar-refractivity contribution is 9.10. The molecule has 5 heteroatoms. The molecule has 4 nitrogen and oxygen atoms in total. The number of cyclic esters (lactones) is 1. The average Bonchev–Trinajstić information content (AvgIpc) is 3.01. The summed E-state index contributed by atoms with van der Waals surface area (Å²) in [6.45, 7) is 6.33. The number of benzene rings is 2. The zero-order chi connectivity index (χ0) is 18.5. The number of hydrogen-bond acceptors (Lipinski definition) is 4. The molecule has 0 saturated heterocycles. The first-order chi connectivity index (χ1) is 12.6. The number of carbonyl (C=O) groups is 1. The fraction of sp³-hybridized carbons (Fsp3) is 0.381. The molecule has 0 fully saturated rings. The van der Waals surface area contributed by atoms with Gasteiger partial charge in [-0.3, -0.25) is 0 Å². The molecule has 1 aliphatic heterocycles. The van der Waals surface area contributed by atoms with Gasteiger partial charge in [-0.15, -0.1) is 0 Å². The monoisotopic (exact) mass is 418 g/mol. The van der Waals surface area contributed by atoms with Gasteiger partial charge in [0.25, 0.3) is 0 Å². The Morgan fingerprint density at radius 2 is 1.88 bits per heavy atom. The summed E-state index contributed by atoms with van der Waals surface area (Å²) in [5.41, 5.74) is 2.57. The molecule has 1 heterocycles. The van der Waals surface area contributed by atoms with Crippen molar-refractivity contribution >= 4 is 21.9 Å². The maximum absolute atomic E-state index is 11.7. The van der Waals surface area contributed by atoms with Crippen LogP contribution in [0.5, 0.6) is 5.75 Å². The first-order valence-corrected chi connectivity index (χ1v) is 9.58. The van der Waals surface area contributed by atoms with Gasteiger partial charge in [0, 0.05) is 11.5 Å². The summed E-state index contributed by atoms with van der Waals surface area (Å²) < 4.78 is 18.0. The van der Waals surface area contributed by atoms with E-state index in [2.05, 4.69) is 41.9 Å². The Morgan fingerprint density at radius 3 is 2.62 bits per heavy atom. The lowest BCUT2D eigenvalue weighted by atomic mass is 9.98. The molecule has 2 aromatic carbocycles. The van der Waals surface area contributed by atoms with Gasteiger partial charge in [-0.25, -0.2) is 4.79 Å². The number of rotatable bonds is 8. The predicted molar refractivity (Wildman–Crippen MR) is 103 cm³/mol. The Hall–Kier alpha value is -1.85. The molecular formula is C21H23BrO4. The van der Waals surface area contributed by atoms with Crippen molar-refractivity contribution in [3.63, 3.8) is 0 Å². The normalized spacial score (nSPS) is 14.2. The minimum absolute atomic E-state index is 0.250. The average molecular weight is 419 g/mol. The standard InChI is InChI=1S/C21H23BrO4/c1-14(2)16(11-24-10-15-6-4-3-5-7-15)12-25-20-18-13-26-21(23)17(18)8-9-19(20)22/h3-9,14,16H,10-13H2,1-2H3. The van der Waals surface area contributed by atoms with Crippen LogP contribution in [0.25, 0.3) is 0 Å². The van der Waals surface area contributed by atoms with Crippen LogP contribution in [0.15, 0.2) is 46.9 Å². The summed E-state index contributed by atoms with van der Waals surface area (Å²) in [5.74, 6) is 1.07. The van der Waals surface area contributed by atoms with E-state index in [1.165, 1.54) is 0 Å². The molecular weight excluding hydrogens is 396 g/mol. The molecule has 26 heavy (non-hydrogen) atoms. The second-order valence-electron chi connectivity index (χ2n) is 6.79. The summed E-state index contributed by atoms with van der Waals surface area (Å²) in [6.07, 6.45) is 0. The number of ether oxygens (including phenoxy) is 3. The minimum atomic E-state index is -0.288. The van der Waals surface area contributed by atoms with Crippen LogP contribution < -0.4 is 4.74 Å². The van der Waals surface area contributed by atoms with Crippen molar-refractivity contribution in [2.45, 2.75) is 27.1 Å². The van der Waals surface area contributed by atoms with Crippen LogP contribution in [-0.4, -0.2) is 19.2 Å². The first-order valence-electron chi connectivity index (χ1n) is 8.79. The van der Waals surface area contributed by atoms with Crippen molar-refractivity contribution in [2.75, 3.05) is 13.2 Å². The van der Waals surface area contributed by atoms with Crippen molar-refractivity contribution in [3.8, 4) is 5.75 Å². The summed E-state index contributed by atoms with van der Waals surface area (Å²) >= 11 is 3.52. The summed E-state index contributed by atoms with van der Waals surface area (Å²) in [4.78, 5) is 11.7. The molecule has 0 bridgehead atoms. The lowest BCUT2D eigenvalue weighted by molar-refractivity contribution is 0.0488. The summed E-state index contributed by atoms with van der Waals surface area (Å²) in [5, 5.41) is 0. The highest BCUT2D eigenvalue weighted by atomic mass is 79.9. The van der Waals surface area contributed by atoms with E-state index in [-0.39, 0.29) is 18.5 Å². The summed E-state index contributed by atoms with van der Waals surface area (Å²) in [7, 11) is 0. The van der Waals surface area contributed by atoms with E-state index in [4.69, 9.17) is 14.2 Å². The van der Waals surface area contributed by atoms with Gasteiger partial charge in [0.15, 0.2) is 0 Å². The van der Waals surface area contributed by atoms with E-state index >= 15 is 0 Å². The third-order valence-corrected chi connectivity index (χ3v) is 5.23. The van der Waals surface area contributed by atoms with Gasteiger partial charge in [-0.2, -0.15) is 0 Å². The van der Waals surface area contributed by atoms with Gasteiger partial charge in [0.2, 0.25) is 0 Å². The molecule has 0 amide bonds. The molecule has 0 N–H and O–H groups in total. The SMILES string of the molecule is CC(C)C(COCc1ccccc1)COc1c(Br)ccc2c1COC2=O. The van der Waals surface area contributed by atoms with Crippen LogP contribution in [0, 0.1) is 11.8 Å². The second kappa shape index (κ2) is 8.69. The molecule has 1 aliphatic rings.